The minimum Gasteiger partial charge on any atom is -0.388 e. The van der Waals surface area contributed by atoms with Crippen molar-refractivity contribution in [2.75, 3.05) is 0 Å². The third kappa shape index (κ3) is 1.42. The Balaban J connectivity index is 2.21. The first-order valence-corrected chi connectivity index (χ1v) is 5.59. The SMILES string of the molecule is [B]n1ccc2ccc(-c3nnc(C)s3)nc21. The zero-order chi connectivity index (χ0) is 11.1. The van der Waals surface area contributed by atoms with Gasteiger partial charge in [-0.3, -0.25) is 0 Å². The van der Waals surface area contributed by atoms with E-state index in [1.165, 1.54) is 15.8 Å². The molecule has 4 nitrogen and oxygen atoms in total. The van der Waals surface area contributed by atoms with Gasteiger partial charge >= 0.3 is 0 Å². The standard InChI is InChI=1S/C10H7BN4S/c1-6-13-14-10(16-6)8-3-2-7-4-5-15(11)9(7)12-8/h2-5H,1H3. The zero-order valence-corrected chi connectivity index (χ0v) is 9.40. The predicted octanol–water partition coefficient (Wildman–Crippen LogP) is 1.79. The Kier molecular flexibility index (Phi) is 2.04. The van der Waals surface area contributed by atoms with Gasteiger partial charge in [-0.15, -0.1) is 10.2 Å². The van der Waals surface area contributed by atoms with Crippen molar-refractivity contribution in [1.82, 2.24) is 19.7 Å². The molecule has 0 unspecified atom stereocenters. The van der Waals surface area contributed by atoms with Gasteiger partial charge < -0.3 is 4.48 Å². The van der Waals surface area contributed by atoms with Crippen LogP contribution in [-0.4, -0.2) is 27.6 Å². The number of hydrogen-bond donors (Lipinski definition) is 0. The third-order valence-corrected chi connectivity index (χ3v) is 3.17. The highest BCUT2D eigenvalue weighted by molar-refractivity contribution is 7.14. The quantitative estimate of drug-likeness (QED) is 0.594. The third-order valence-electron chi connectivity index (χ3n) is 2.31. The fourth-order valence-electron chi connectivity index (χ4n) is 1.55. The molecule has 0 aliphatic rings. The fourth-order valence-corrected chi connectivity index (χ4v) is 2.21. The Morgan fingerprint density at radius 2 is 2.12 bits per heavy atom. The van der Waals surface area contributed by atoms with Crippen molar-refractivity contribution < 1.29 is 0 Å². The van der Waals surface area contributed by atoms with E-state index in [4.69, 9.17) is 7.98 Å². The molecule has 0 aromatic carbocycles. The summed E-state index contributed by atoms with van der Waals surface area (Å²) in [6.45, 7) is 1.92. The van der Waals surface area contributed by atoms with Crippen molar-refractivity contribution in [2.24, 2.45) is 0 Å². The molecule has 76 valence electrons. The lowest BCUT2D eigenvalue weighted by Crippen LogP contribution is -1.92. The van der Waals surface area contributed by atoms with Crippen LogP contribution in [0.25, 0.3) is 21.7 Å². The fraction of sp³-hybridized carbons (Fsp3) is 0.100. The average Bonchev–Trinajstić information content (AvgIpc) is 2.86. The van der Waals surface area contributed by atoms with E-state index in [0.29, 0.717) is 0 Å². The molecule has 0 N–H and O–H groups in total. The summed E-state index contributed by atoms with van der Waals surface area (Å²) in [7, 11) is 5.75. The van der Waals surface area contributed by atoms with E-state index >= 15 is 0 Å². The Morgan fingerprint density at radius 1 is 1.25 bits per heavy atom. The Bertz CT molecular complexity index is 658. The Hall–Kier alpha value is -1.69. The molecule has 0 aliphatic heterocycles. The first-order chi connectivity index (χ1) is 7.74. The molecule has 6 heteroatoms. The highest BCUT2D eigenvalue weighted by Crippen LogP contribution is 2.23. The number of aromatic nitrogens is 4. The largest absolute Gasteiger partial charge is 0.388 e. The molecule has 3 aromatic rings. The van der Waals surface area contributed by atoms with Crippen molar-refractivity contribution in [3.05, 3.63) is 29.4 Å². The molecule has 3 heterocycles. The van der Waals surface area contributed by atoms with Crippen molar-refractivity contribution in [3.63, 3.8) is 0 Å². The summed E-state index contributed by atoms with van der Waals surface area (Å²) in [5.74, 6) is 0. The second kappa shape index (κ2) is 3.42. The van der Waals surface area contributed by atoms with Gasteiger partial charge in [0.25, 0.3) is 0 Å². The number of pyridine rings is 1. The van der Waals surface area contributed by atoms with Gasteiger partial charge in [0.15, 0.2) is 5.01 Å². The van der Waals surface area contributed by atoms with Gasteiger partial charge in [0.2, 0.25) is 7.98 Å². The van der Waals surface area contributed by atoms with Crippen LogP contribution in [-0.2, 0) is 0 Å². The maximum absolute atomic E-state index is 5.75. The molecule has 0 saturated carbocycles. The molecule has 2 radical (unpaired) electrons. The Labute approximate surface area is 97.4 Å². The highest BCUT2D eigenvalue weighted by Gasteiger charge is 2.07. The summed E-state index contributed by atoms with van der Waals surface area (Å²) in [6, 6.07) is 5.84. The molecule has 16 heavy (non-hydrogen) atoms. The summed E-state index contributed by atoms with van der Waals surface area (Å²) >= 11 is 1.52. The summed E-state index contributed by atoms with van der Waals surface area (Å²) in [4.78, 5) is 4.46. The monoisotopic (exact) mass is 226 g/mol. The van der Waals surface area contributed by atoms with Crippen molar-refractivity contribution in [1.29, 1.82) is 0 Å². The lowest BCUT2D eigenvalue weighted by atomic mass is 10.3. The molecule has 0 aliphatic carbocycles. The van der Waals surface area contributed by atoms with Gasteiger partial charge in [0.1, 0.15) is 16.3 Å². The van der Waals surface area contributed by atoms with E-state index in [1.54, 1.807) is 6.20 Å². The van der Waals surface area contributed by atoms with Crippen LogP contribution in [0.4, 0.5) is 0 Å². The van der Waals surface area contributed by atoms with Gasteiger partial charge in [-0.25, -0.2) is 4.98 Å². The second-order valence-corrected chi connectivity index (χ2v) is 4.64. The van der Waals surface area contributed by atoms with Crippen LogP contribution in [0.2, 0.25) is 0 Å². The van der Waals surface area contributed by atoms with Gasteiger partial charge in [-0.1, -0.05) is 11.3 Å². The van der Waals surface area contributed by atoms with E-state index < -0.39 is 0 Å². The predicted molar refractivity (Wildman–Crippen MR) is 64.5 cm³/mol. The maximum Gasteiger partial charge on any atom is 0.236 e. The van der Waals surface area contributed by atoms with Crippen LogP contribution in [0.5, 0.6) is 0 Å². The zero-order valence-electron chi connectivity index (χ0n) is 8.58. The van der Waals surface area contributed by atoms with Crippen LogP contribution in [0.3, 0.4) is 0 Å². The van der Waals surface area contributed by atoms with Crippen LogP contribution >= 0.6 is 11.3 Å². The van der Waals surface area contributed by atoms with E-state index in [1.807, 2.05) is 25.1 Å². The number of aryl methyl sites for hydroxylation is 1. The molecule has 0 saturated heterocycles. The van der Waals surface area contributed by atoms with E-state index in [2.05, 4.69) is 15.2 Å². The summed E-state index contributed by atoms with van der Waals surface area (Å²) < 4.78 is 1.51. The van der Waals surface area contributed by atoms with E-state index in [-0.39, 0.29) is 0 Å². The second-order valence-electron chi connectivity index (χ2n) is 3.46. The first-order valence-electron chi connectivity index (χ1n) is 4.78. The molecular weight excluding hydrogens is 219 g/mol. The van der Waals surface area contributed by atoms with Gasteiger partial charge in [0, 0.05) is 5.39 Å². The van der Waals surface area contributed by atoms with Gasteiger partial charge in [0.05, 0.1) is 0 Å². The van der Waals surface area contributed by atoms with Crippen LogP contribution < -0.4 is 0 Å². The summed E-state index contributed by atoms with van der Waals surface area (Å²) in [5.41, 5.74) is 1.56. The topological polar surface area (TPSA) is 43.6 Å². The normalized spacial score (nSPS) is 11.1. The molecule has 3 aromatic heterocycles. The minimum absolute atomic E-state index is 0.755. The number of rotatable bonds is 1. The number of fused-ring (bicyclic) bond motifs is 1. The summed E-state index contributed by atoms with van der Waals surface area (Å²) in [6.07, 6.45) is 1.78. The molecule has 0 fully saturated rings. The van der Waals surface area contributed by atoms with E-state index in [0.717, 1.165) is 26.7 Å². The van der Waals surface area contributed by atoms with Crippen molar-refractivity contribution >= 4 is 30.4 Å². The van der Waals surface area contributed by atoms with E-state index in [9.17, 15) is 0 Å². The van der Waals surface area contributed by atoms with Crippen LogP contribution in [0, 0.1) is 6.92 Å². The molecule has 0 bridgehead atoms. The maximum atomic E-state index is 5.75. The molecular formula is C10H7BN4S. The van der Waals surface area contributed by atoms with Crippen molar-refractivity contribution in [3.8, 4) is 10.7 Å². The smallest absolute Gasteiger partial charge is 0.236 e. The Morgan fingerprint density at radius 3 is 2.88 bits per heavy atom. The lowest BCUT2D eigenvalue weighted by molar-refractivity contribution is 1.05. The average molecular weight is 226 g/mol. The molecule has 3 rings (SSSR count). The molecule has 0 atom stereocenters. The summed E-state index contributed by atoms with van der Waals surface area (Å²) in [5, 5.41) is 10.8. The van der Waals surface area contributed by atoms with Crippen LogP contribution in [0.1, 0.15) is 5.01 Å². The number of nitrogens with zero attached hydrogens (tertiary/aromatic N) is 4. The van der Waals surface area contributed by atoms with Gasteiger partial charge in [-0.05, 0) is 31.3 Å². The molecule has 0 spiro atoms. The molecule has 0 amide bonds. The highest BCUT2D eigenvalue weighted by atomic mass is 32.1. The van der Waals surface area contributed by atoms with Crippen LogP contribution in [0.15, 0.2) is 24.4 Å². The van der Waals surface area contributed by atoms with Gasteiger partial charge in [-0.2, -0.15) is 0 Å². The lowest BCUT2D eigenvalue weighted by Gasteiger charge is -1.98. The first kappa shape index (κ1) is 9.53. The minimum atomic E-state index is 0.755. The van der Waals surface area contributed by atoms with Crippen molar-refractivity contribution in [2.45, 2.75) is 6.92 Å². The number of hydrogen-bond acceptors (Lipinski definition) is 4.